The third-order valence-electron chi connectivity index (χ3n) is 2.80. The summed E-state index contributed by atoms with van der Waals surface area (Å²) in [6.45, 7) is 3.78. The van der Waals surface area contributed by atoms with E-state index in [0.29, 0.717) is 30.3 Å². The van der Waals surface area contributed by atoms with Crippen LogP contribution in [0, 0.1) is 0 Å². The Morgan fingerprint density at radius 3 is 2.95 bits per heavy atom. The maximum Gasteiger partial charge on any atom is 0.171 e. The minimum atomic E-state index is 0.513. The van der Waals surface area contributed by atoms with Gasteiger partial charge in [0.25, 0.3) is 0 Å². The number of carbonyl (C=O) groups is 1. The fourth-order valence-corrected chi connectivity index (χ4v) is 1.89. The van der Waals surface area contributed by atoms with Crippen LogP contribution >= 0.6 is 0 Å². The highest BCUT2D eigenvalue weighted by Crippen LogP contribution is 2.30. The van der Waals surface area contributed by atoms with E-state index in [-0.39, 0.29) is 0 Å². The Morgan fingerprint density at radius 2 is 2.25 bits per heavy atom. The number of hydrogen-bond acceptors (Lipinski definition) is 4. The molecule has 0 aliphatic rings. The van der Waals surface area contributed by atoms with Gasteiger partial charge >= 0.3 is 0 Å². The van der Waals surface area contributed by atoms with Crippen molar-refractivity contribution in [2.45, 2.75) is 19.9 Å². The number of aryl methyl sites for hydroxylation is 1. The molecule has 0 amide bonds. The summed E-state index contributed by atoms with van der Waals surface area (Å²) >= 11 is 0. The zero-order valence-corrected chi connectivity index (χ0v) is 11.5. The normalized spacial score (nSPS) is 10.2. The van der Waals surface area contributed by atoms with Gasteiger partial charge in [0.2, 0.25) is 0 Å². The number of benzene rings is 1. The highest BCUT2D eigenvalue weighted by atomic mass is 16.5. The van der Waals surface area contributed by atoms with Crippen LogP contribution in [0.1, 0.15) is 23.7 Å². The summed E-state index contributed by atoms with van der Waals surface area (Å²) in [6, 6.07) is 5.31. The van der Waals surface area contributed by atoms with Crippen molar-refractivity contribution in [2.75, 3.05) is 13.2 Å². The average Bonchev–Trinajstić information content (AvgIpc) is 2.98. The fourth-order valence-electron chi connectivity index (χ4n) is 1.89. The highest BCUT2D eigenvalue weighted by molar-refractivity contribution is 5.81. The van der Waals surface area contributed by atoms with Gasteiger partial charge in [0, 0.05) is 18.9 Å². The molecule has 5 nitrogen and oxygen atoms in total. The van der Waals surface area contributed by atoms with E-state index in [0.717, 1.165) is 19.3 Å². The van der Waals surface area contributed by atoms with E-state index in [2.05, 4.69) is 4.98 Å². The van der Waals surface area contributed by atoms with Gasteiger partial charge in [-0.25, -0.2) is 4.98 Å². The number of imidazole rings is 1. The van der Waals surface area contributed by atoms with Crippen molar-refractivity contribution in [3.05, 3.63) is 42.5 Å². The smallest absolute Gasteiger partial charge is 0.171 e. The van der Waals surface area contributed by atoms with E-state index < -0.39 is 0 Å². The van der Waals surface area contributed by atoms with E-state index in [1.54, 1.807) is 24.7 Å². The Kier molecular flexibility index (Phi) is 5.17. The van der Waals surface area contributed by atoms with Gasteiger partial charge in [-0.1, -0.05) is 6.07 Å². The van der Waals surface area contributed by atoms with E-state index in [1.807, 2.05) is 23.8 Å². The van der Waals surface area contributed by atoms with Crippen LogP contribution < -0.4 is 9.47 Å². The lowest BCUT2D eigenvalue weighted by atomic mass is 10.2. The molecule has 1 aromatic carbocycles. The van der Waals surface area contributed by atoms with Crippen LogP contribution in [0.4, 0.5) is 0 Å². The molecule has 2 rings (SSSR count). The van der Waals surface area contributed by atoms with Crippen LogP contribution in [0.5, 0.6) is 11.5 Å². The molecule has 0 saturated heterocycles. The van der Waals surface area contributed by atoms with Crippen molar-refractivity contribution in [1.29, 1.82) is 0 Å². The molecule has 0 aliphatic heterocycles. The van der Waals surface area contributed by atoms with Crippen LogP contribution in [-0.4, -0.2) is 29.1 Å². The van der Waals surface area contributed by atoms with Crippen LogP contribution in [0.15, 0.2) is 36.9 Å². The van der Waals surface area contributed by atoms with Gasteiger partial charge in [-0.15, -0.1) is 0 Å². The number of aromatic nitrogens is 2. The predicted molar refractivity (Wildman–Crippen MR) is 75.3 cm³/mol. The topological polar surface area (TPSA) is 53.4 Å². The molecule has 106 valence electrons. The van der Waals surface area contributed by atoms with Crippen molar-refractivity contribution < 1.29 is 14.3 Å². The lowest BCUT2D eigenvalue weighted by Gasteiger charge is -2.13. The SMILES string of the molecule is CCOc1cccc(C=O)c1OCCCn1ccnc1. The predicted octanol–water partition coefficient (Wildman–Crippen LogP) is 2.56. The maximum absolute atomic E-state index is 11.1. The number of ether oxygens (including phenoxy) is 2. The summed E-state index contributed by atoms with van der Waals surface area (Å²) in [7, 11) is 0. The van der Waals surface area contributed by atoms with Crippen molar-refractivity contribution in [1.82, 2.24) is 9.55 Å². The number of aldehydes is 1. The van der Waals surface area contributed by atoms with Crippen LogP contribution in [-0.2, 0) is 6.54 Å². The van der Waals surface area contributed by atoms with Crippen LogP contribution in [0.25, 0.3) is 0 Å². The summed E-state index contributed by atoms with van der Waals surface area (Å²) in [5.74, 6) is 1.13. The molecule has 2 aromatic rings. The molecule has 0 radical (unpaired) electrons. The molecule has 0 spiro atoms. The molecule has 0 fully saturated rings. The lowest BCUT2D eigenvalue weighted by Crippen LogP contribution is -2.06. The minimum Gasteiger partial charge on any atom is -0.490 e. The largest absolute Gasteiger partial charge is 0.490 e. The summed E-state index contributed by atoms with van der Waals surface area (Å²) in [5, 5.41) is 0. The second-order valence-electron chi connectivity index (χ2n) is 4.23. The monoisotopic (exact) mass is 274 g/mol. The number of rotatable bonds is 8. The van der Waals surface area contributed by atoms with Crippen LogP contribution in [0.2, 0.25) is 0 Å². The quantitative estimate of drug-likeness (QED) is 0.548. The number of carbonyl (C=O) groups excluding carboxylic acids is 1. The molecule has 1 heterocycles. The third kappa shape index (κ3) is 3.60. The average molecular weight is 274 g/mol. The van der Waals surface area contributed by atoms with E-state index in [9.17, 15) is 4.79 Å². The first-order valence-electron chi connectivity index (χ1n) is 6.64. The molecular formula is C15H18N2O3. The Balaban J connectivity index is 1.95. The maximum atomic E-state index is 11.1. The Morgan fingerprint density at radius 1 is 1.35 bits per heavy atom. The summed E-state index contributed by atoms with van der Waals surface area (Å²) in [4.78, 5) is 15.0. The first kappa shape index (κ1) is 14.1. The fraction of sp³-hybridized carbons (Fsp3) is 0.333. The molecule has 1 aromatic heterocycles. The first-order valence-corrected chi connectivity index (χ1v) is 6.64. The second-order valence-corrected chi connectivity index (χ2v) is 4.23. The van der Waals surface area contributed by atoms with Crippen molar-refractivity contribution in [2.24, 2.45) is 0 Å². The molecule has 20 heavy (non-hydrogen) atoms. The van der Waals surface area contributed by atoms with Gasteiger partial charge in [0.05, 0.1) is 25.1 Å². The Hall–Kier alpha value is -2.30. The van der Waals surface area contributed by atoms with E-state index in [4.69, 9.17) is 9.47 Å². The summed E-state index contributed by atoms with van der Waals surface area (Å²) in [5.41, 5.74) is 0.513. The van der Waals surface area contributed by atoms with Gasteiger partial charge in [-0.3, -0.25) is 4.79 Å². The Labute approximate surface area is 118 Å². The minimum absolute atomic E-state index is 0.513. The number of hydrogen-bond donors (Lipinski definition) is 0. The molecular weight excluding hydrogens is 256 g/mol. The second kappa shape index (κ2) is 7.33. The van der Waals surface area contributed by atoms with E-state index >= 15 is 0 Å². The zero-order valence-electron chi connectivity index (χ0n) is 11.5. The van der Waals surface area contributed by atoms with Crippen molar-refractivity contribution >= 4 is 6.29 Å². The number of nitrogens with zero attached hydrogens (tertiary/aromatic N) is 2. The lowest BCUT2D eigenvalue weighted by molar-refractivity contribution is 0.111. The van der Waals surface area contributed by atoms with Crippen molar-refractivity contribution in [3.63, 3.8) is 0 Å². The third-order valence-corrected chi connectivity index (χ3v) is 2.80. The molecule has 0 bridgehead atoms. The molecule has 0 N–H and O–H groups in total. The molecule has 0 saturated carbocycles. The van der Waals surface area contributed by atoms with Gasteiger partial charge in [0.15, 0.2) is 17.8 Å². The van der Waals surface area contributed by atoms with Crippen LogP contribution in [0.3, 0.4) is 0 Å². The van der Waals surface area contributed by atoms with Gasteiger partial charge in [-0.2, -0.15) is 0 Å². The molecule has 0 unspecified atom stereocenters. The first-order chi connectivity index (χ1) is 9.85. The van der Waals surface area contributed by atoms with Gasteiger partial charge in [0.1, 0.15) is 0 Å². The highest BCUT2D eigenvalue weighted by Gasteiger charge is 2.10. The van der Waals surface area contributed by atoms with Gasteiger partial charge < -0.3 is 14.0 Å². The molecule has 5 heteroatoms. The summed E-state index contributed by atoms with van der Waals surface area (Å²) in [6.07, 6.45) is 7.04. The standard InChI is InChI=1S/C15H18N2O3/c1-2-19-14-6-3-5-13(11-18)15(14)20-10-4-8-17-9-7-16-12-17/h3,5-7,9,11-12H,2,4,8,10H2,1H3. The zero-order chi connectivity index (χ0) is 14.2. The summed E-state index contributed by atoms with van der Waals surface area (Å²) < 4.78 is 13.2. The molecule has 0 aliphatic carbocycles. The number of para-hydroxylation sites is 1. The van der Waals surface area contributed by atoms with E-state index in [1.165, 1.54) is 0 Å². The Bertz CT molecular complexity index is 538. The molecule has 0 atom stereocenters. The van der Waals surface area contributed by atoms with Crippen molar-refractivity contribution in [3.8, 4) is 11.5 Å². The van der Waals surface area contributed by atoms with Gasteiger partial charge in [-0.05, 0) is 25.5 Å².